The number of halogens is 1. The summed E-state index contributed by atoms with van der Waals surface area (Å²) in [7, 11) is 0. The fraction of sp³-hybridized carbons (Fsp3) is 0.154. The molecule has 1 heterocycles. The molecule has 0 saturated heterocycles. The summed E-state index contributed by atoms with van der Waals surface area (Å²) in [4.78, 5) is 26.3. The third-order valence-electron chi connectivity index (χ3n) is 2.50. The summed E-state index contributed by atoms with van der Waals surface area (Å²) in [5.41, 5.74) is 0.758. The van der Waals surface area contributed by atoms with Gasteiger partial charge in [-0.05, 0) is 46.9 Å². The smallest absolute Gasteiger partial charge is 0.355 e. The van der Waals surface area contributed by atoms with Crippen molar-refractivity contribution in [1.82, 2.24) is 10.3 Å². The van der Waals surface area contributed by atoms with E-state index >= 15 is 0 Å². The highest BCUT2D eigenvalue weighted by atomic mass is 127. The van der Waals surface area contributed by atoms with Crippen LogP contribution in [0.5, 0.6) is 0 Å². The van der Waals surface area contributed by atoms with Gasteiger partial charge in [0.15, 0.2) is 5.69 Å². The predicted octanol–water partition coefficient (Wildman–Crippen LogP) is 2.81. The molecule has 0 radical (unpaired) electrons. The summed E-state index contributed by atoms with van der Waals surface area (Å²) in [6.45, 7) is 0.392. The normalized spacial score (nSPS) is 10.1. The lowest BCUT2D eigenvalue weighted by atomic mass is 10.3. The van der Waals surface area contributed by atoms with E-state index in [1.807, 2.05) is 24.3 Å². The summed E-state index contributed by atoms with van der Waals surface area (Å²) in [5, 5.41) is 16.3. The van der Waals surface area contributed by atoms with Crippen LogP contribution in [0.25, 0.3) is 0 Å². The van der Waals surface area contributed by atoms with Crippen LogP contribution in [0.4, 0.5) is 10.5 Å². The number of carbonyl (C=O) groups is 2. The number of benzene rings is 1. The van der Waals surface area contributed by atoms with Gasteiger partial charge in [-0.2, -0.15) is 0 Å². The second kappa shape index (κ2) is 7.36. The Morgan fingerprint density at radius 3 is 2.62 bits per heavy atom. The molecule has 1 aromatic heterocycles. The highest BCUT2D eigenvalue weighted by Gasteiger charge is 2.08. The molecule has 3 N–H and O–H groups in total. The van der Waals surface area contributed by atoms with Crippen molar-refractivity contribution in [2.24, 2.45) is 0 Å². The van der Waals surface area contributed by atoms with Gasteiger partial charge >= 0.3 is 12.0 Å². The van der Waals surface area contributed by atoms with E-state index in [0.717, 1.165) is 9.26 Å². The number of carbonyl (C=O) groups excluding carboxylic acids is 1. The highest BCUT2D eigenvalue weighted by molar-refractivity contribution is 14.1. The fourth-order valence-electron chi connectivity index (χ4n) is 1.52. The van der Waals surface area contributed by atoms with Crippen LogP contribution >= 0.6 is 33.9 Å². The molecule has 6 nitrogen and oxygen atoms in total. The van der Waals surface area contributed by atoms with Gasteiger partial charge in [0.05, 0.1) is 5.01 Å². The molecule has 0 spiro atoms. The van der Waals surface area contributed by atoms with E-state index in [1.165, 1.54) is 16.7 Å². The van der Waals surface area contributed by atoms with Crippen molar-refractivity contribution in [2.75, 3.05) is 11.9 Å². The first kappa shape index (κ1) is 15.7. The van der Waals surface area contributed by atoms with Gasteiger partial charge in [0, 0.05) is 27.6 Å². The van der Waals surface area contributed by atoms with Crippen molar-refractivity contribution in [1.29, 1.82) is 0 Å². The third kappa shape index (κ3) is 4.97. The van der Waals surface area contributed by atoms with Crippen LogP contribution in [0.1, 0.15) is 15.5 Å². The number of amides is 2. The fourth-order valence-corrected chi connectivity index (χ4v) is 2.65. The summed E-state index contributed by atoms with van der Waals surface area (Å²) >= 11 is 3.46. The molecule has 1 aromatic carbocycles. The van der Waals surface area contributed by atoms with Crippen LogP contribution in [-0.2, 0) is 6.42 Å². The number of aromatic nitrogens is 1. The number of hydrogen-bond acceptors (Lipinski definition) is 4. The maximum absolute atomic E-state index is 11.7. The van der Waals surface area contributed by atoms with Crippen molar-refractivity contribution in [3.05, 3.63) is 43.9 Å². The number of rotatable bonds is 5. The Balaban J connectivity index is 1.76. The van der Waals surface area contributed by atoms with Gasteiger partial charge < -0.3 is 15.7 Å². The van der Waals surface area contributed by atoms with Crippen LogP contribution in [-0.4, -0.2) is 28.6 Å². The van der Waals surface area contributed by atoms with E-state index in [-0.39, 0.29) is 11.7 Å². The van der Waals surface area contributed by atoms with Crippen molar-refractivity contribution in [2.45, 2.75) is 6.42 Å². The first-order chi connectivity index (χ1) is 10.0. The topological polar surface area (TPSA) is 91.3 Å². The standard InChI is InChI=1S/C13H12IN3O3S/c14-8-1-3-9(4-2-8)16-13(20)15-6-5-11-17-10(7-21-11)12(18)19/h1-4,7H,5-6H2,(H,18,19)(H2,15,16,20). The molecule has 110 valence electrons. The zero-order valence-corrected chi connectivity index (χ0v) is 13.8. The molecule has 0 aliphatic rings. The maximum atomic E-state index is 11.7. The number of nitrogens with zero attached hydrogens (tertiary/aromatic N) is 1. The Hall–Kier alpha value is -1.68. The molecule has 0 bridgehead atoms. The number of hydrogen-bond donors (Lipinski definition) is 3. The first-order valence-electron chi connectivity index (χ1n) is 6.03. The van der Waals surface area contributed by atoms with Crippen molar-refractivity contribution in [3.63, 3.8) is 0 Å². The predicted molar refractivity (Wildman–Crippen MR) is 89.0 cm³/mol. The largest absolute Gasteiger partial charge is 0.476 e. The van der Waals surface area contributed by atoms with Crippen LogP contribution in [0.3, 0.4) is 0 Å². The van der Waals surface area contributed by atoms with Crippen LogP contribution in [0.15, 0.2) is 29.6 Å². The highest BCUT2D eigenvalue weighted by Crippen LogP contribution is 2.11. The van der Waals surface area contributed by atoms with E-state index in [0.29, 0.717) is 18.0 Å². The average Bonchev–Trinajstić information content (AvgIpc) is 2.90. The Morgan fingerprint density at radius 1 is 1.29 bits per heavy atom. The molecule has 8 heteroatoms. The summed E-state index contributed by atoms with van der Waals surface area (Å²) in [6, 6.07) is 7.15. The molecule has 0 unspecified atom stereocenters. The Labute approximate surface area is 138 Å². The number of nitrogens with one attached hydrogen (secondary N) is 2. The number of carboxylic acid groups (broad SMARTS) is 1. The molecule has 0 saturated carbocycles. The van der Waals surface area contributed by atoms with Gasteiger partial charge in [-0.15, -0.1) is 11.3 Å². The van der Waals surface area contributed by atoms with Crippen molar-refractivity contribution < 1.29 is 14.7 Å². The Bertz CT molecular complexity index is 642. The molecule has 2 aromatic rings. The Kier molecular flexibility index (Phi) is 5.51. The third-order valence-corrected chi connectivity index (χ3v) is 4.13. The van der Waals surface area contributed by atoms with Crippen LogP contribution in [0.2, 0.25) is 0 Å². The van der Waals surface area contributed by atoms with E-state index in [2.05, 4.69) is 38.2 Å². The number of urea groups is 1. The van der Waals surface area contributed by atoms with Gasteiger partial charge in [-0.3, -0.25) is 0 Å². The molecule has 0 aliphatic heterocycles. The summed E-state index contributed by atoms with van der Waals surface area (Å²) in [5.74, 6) is -1.04. The summed E-state index contributed by atoms with van der Waals surface area (Å²) in [6.07, 6.45) is 0.498. The molecule has 2 rings (SSSR count). The molecular formula is C13H12IN3O3S. The molecule has 21 heavy (non-hydrogen) atoms. The van der Waals surface area contributed by atoms with Gasteiger partial charge in [0.2, 0.25) is 0 Å². The van der Waals surface area contributed by atoms with E-state index in [9.17, 15) is 9.59 Å². The molecule has 0 fully saturated rings. The molecular weight excluding hydrogens is 405 g/mol. The maximum Gasteiger partial charge on any atom is 0.355 e. The lowest BCUT2D eigenvalue weighted by Crippen LogP contribution is -2.30. The first-order valence-corrected chi connectivity index (χ1v) is 7.98. The number of carboxylic acids is 1. The van der Waals surface area contributed by atoms with E-state index in [4.69, 9.17) is 5.11 Å². The molecule has 0 aliphatic carbocycles. The quantitative estimate of drug-likeness (QED) is 0.653. The van der Waals surface area contributed by atoms with Gasteiger partial charge in [0.1, 0.15) is 0 Å². The summed E-state index contributed by atoms with van der Waals surface area (Å²) < 4.78 is 1.09. The molecule has 2 amide bonds. The molecule has 0 atom stereocenters. The van der Waals surface area contributed by atoms with Gasteiger partial charge in [-0.25, -0.2) is 14.6 Å². The van der Waals surface area contributed by atoms with Gasteiger partial charge in [0.25, 0.3) is 0 Å². The van der Waals surface area contributed by atoms with Crippen molar-refractivity contribution in [3.8, 4) is 0 Å². The van der Waals surface area contributed by atoms with Gasteiger partial charge in [-0.1, -0.05) is 0 Å². The van der Waals surface area contributed by atoms with E-state index in [1.54, 1.807) is 0 Å². The monoisotopic (exact) mass is 417 g/mol. The van der Waals surface area contributed by atoms with Crippen molar-refractivity contribution >= 4 is 51.6 Å². The number of aromatic carboxylic acids is 1. The second-order valence-electron chi connectivity index (χ2n) is 4.07. The second-order valence-corrected chi connectivity index (χ2v) is 6.26. The lowest BCUT2D eigenvalue weighted by molar-refractivity contribution is 0.0691. The average molecular weight is 417 g/mol. The minimum absolute atomic E-state index is 0.0401. The zero-order chi connectivity index (χ0) is 15.2. The van der Waals surface area contributed by atoms with Crippen LogP contribution in [0, 0.1) is 3.57 Å². The Morgan fingerprint density at radius 2 is 2.00 bits per heavy atom. The number of anilines is 1. The minimum Gasteiger partial charge on any atom is -0.476 e. The van der Waals surface area contributed by atoms with E-state index < -0.39 is 5.97 Å². The minimum atomic E-state index is -1.04. The number of thiazole rings is 1. The lowest BCUT2D eigenvalue weighted by Gasteiger charge is -2.06. The SMILES string of the molecule is O=C(NCCc1nc(C(=O)O)cs1)Nc1ccc(I)cc1. The van der Waals surface area contributed by atoms with Crippen LogP contribution < -0.4 is 10.6 Å². The zero-order valence-electron chi connectivity index (χ0n) is 10.8.